The van der Waals surface area contributed by atoms with Gasteiger partial charge in [-0.3, -0.25) is 0 Å². The maximum Gasteiger partial charge on any atom is 0.220 e. The lowest BCUT2D eigenvalue weighted by atomic mass is 10.1. The van der Waals surface area contributed by atoms with Crippen molar-refractivity contribution in [2.45, 2.75) is 12.8 Å². The van der Waals surface area contributed by atoms with Gasteiger partial charge < -0.3 is 4.74 Å². The van der Waals surface area contributed by atoms with Crippen LogP contribution in [-0.2, 0) is 6.42 Å². The van der Waals surface area contributed by atoms with Gasteiger partial charge in [-0.25, -0.2) is 4.98 Å². The summed E-state index contributed by atoms with van der Waals surface area (Å²) in [7, 11) is 0. The summed E-state index contributed by atoms with van der Waals surface area (Å²) in [6.07, 6.45) is 7.85. The lowest BCUT2D eigenvalue weighted by Gasteiger charge is -2.15. The third-order valence-electron chi connectivity index (χ3n) is 2.90. The van der Waals surface area contributed by atoms with Gasteiger partial charge in [0.05, 0.1) is 6.61 Å². The number of hydrogen-bond donors (Lipinski definition) is 0. The second-order valence-corrected chi connectivity index (χ2v) is 4.25. The molecule has 1 aromatic heterocycles. The first kappa shape index (κ1) is 11.0. The largest absolute Gasteiger partial charge is 0.477 e. The molecule has 2 aromatic rings. The molecule has 0 radical (unpaired) electrons. The van der Waals surface area contributed by atoms with Crippen LogP contribution in [0.4, 0.5) is 0 Å². The predicted molar refractivity (Wildman–Crippen MR) is 71.2 cm³/mol. The topological polar surface area (TPSA) is 35.0 Å². The molecule has 2 heterocycles. The van der Waals surface area contributed by atoms with E-state index in [1.807, 2.05) is 48.7 Å². The molecule has 90 valence electrons. The maximum atomic E-state index is 5.53. The standard InChI is InChI=1S/C15H14N2O/c1-2-5-12(6-3-1)8-9-14-16-11-13-7-4-10-18-15(13)17-14/h1-3,5-6,8-9,11H,4,7,10H2. The first-order valence-electron chi connectivity index (χ1n) is 6.14. The summed E-state index contributed by atoms with van der Waals surface area (Å²) >= 11 is 0. The quantitative estimate of drug-likeness (QED) is 0.806. The number of aryl methyl sites for hydroxylation is 1. The Labute approximate surface area is 106 Å². The van der Waals surface area contributed by atoms with E-state index in [9.17, 15) is 0 Å². The molecule has 0 amide bonds. The van der Waals surface area contributed by atoms with Crippen molar-refractivity contribution in [2.24, 2.45) is 0 Å². The van der Waals surface area contributed by atoms with Crippen molar-refractivity contribution >= 4 is 12.2 Å². The number of hydrogen-bond acceptors (Lipinski definition) is 3. The highest BCUT2D eigenvalue weighted by Crippen LogP contribution is 2.21. The van der Waals surface area contributed by atoms with Crippen LogP contribution in [0.25, 0.3) is 12.2 Å². The van der Waals surface area contributed by atoms with Gasteiger partial charge in [-0.15, -0.1) is 0 Å². The zero-order valence-corrected chi connectivity index (χ0v) is 10.0. The first-order chi connectivity index (χ1) is 8.92. The van der Waals surface area contributed by atoms with Crippen molar-refractivity contribution in [1.82, 2.24) is 9.97 Å². The Morgan fingerprint density at radius 1 is 1.11 bits per heavy atom. The number of nitrogens with zero attached hydrogens (tertiary/aromatic N) is 2. The second kappa shape index (κ2) is 5.00. The Bertz CT molecular complexity index is 564. The maximum absolute atomic E-state index is 5.53. The summed E-state index contributed by atoms with van der Waals surface area (Å²) in [6.45, 7) is 0.756. The van der Waals surface area contributed by atoms with E-state index < -0.39 is 0 Å². The van der Waals surface area contributed by atoms with Crippen LogP contribution in [-0.4, -0.2) is 16.6 Å². The molecule has 0 bridgehead atoms. The molecule has 0 saturated heterocycles. The molecule has 0 unspecified atom stereocenters. The van der Waals surface area contributed by atoms with E-state index in [-0.39, 0.29) is 0 Å². The highest BCUT2D eigenvalue weighted by Gasteiger charge is 2.11. The third-order valence-corrected chi connectivity index (χ3v) is 2.90. The molecule has 0 atom stereocenters. The van der Waals surface area contributed by atoms with E-state index in [0.717, 1.165) is 36.5 Å². The molecule has 0 fully saturated rings. The van der Waals surface area contributed by atoms with E-state index >= 15 is 0 Å². The molecule has 3 heteroatoms. The van der Waals surface area contributed by atoms with E-state index in [2.05, 4.69) is 9.97 Å². The fraction of sp³-hybridized carbons (Fsp3) is 0.200. The Hall–Kier alpha value is -2.16. The lowest BCUT2D eigenvalue weighted by molar-refractivity contribution is 0.275. The van der Waals surface area contributed by atoms with Gasteiger partial charge in [0.2, 0.25) is 5.88 Å². The molecule has 0 spiro atoms. The second-order valence-electron chi connectivity index (χ2n) is 4.25. The summed E-state index contributed by atoms with van der Waals surface area (Å²) in [5.41, 5.74) is 2.25. The lowest BCUT2D eigenvalue weighted by Crippen LogP contribution is -2.11. The van der Waals surface area contributed by atoms with Gasteiger partial charge in [-0.05, 0) is 24.5 Å². The number of benzene rings is 1. The van der Waals surface area contributed by atoms with Crippen LogP contribution in [0.3, 0.4) is 0 Å². The fourth-order valence-corrected chi connectivity index (χ4v) is 1.95. The summed E-state index contributed by atoms with van der Waals surface area (Å²) in [5, 5.41) is 0. The highest BCUT2D eigenvalue weighted by molar-refractivity contribution is 5.66. The van der Waals surface area contributed by atoms with Crippen LogP contribution in [0.2, 0.25) is 0 Å². The Kier molecular flexibility index (Phi) is 3.05. The van der Waals surface area contributed by atoms with Gasteiger partial charge in [-0.2, -0.15) is 4.98 Å². The average Bonchev–Trinajstić information content (AvgIpc) is 2.46. The molecule has 1 aliphatic rings. The van der Waals surface area contributed by atoms with Crippen LogP contribution < -0.4 is 4.74 Å². The minimum Gasteiger partial charge on any atom is -0.477 e. The molecule has 0 N–H and O–H groups in total. The number of fused-ring (bicyclic) bond motifs is 1. The Morgan fingerprint density at radius 3 is 2.89 bits per heavy atom. The van der Waals surface area contributed by atoms with Crippen molar-refractivity contribution < 1.29 is 4.74 Å². The number of aromatic nitrogens is 2. The van der Waals surface area contributed by atoms with Crippen molar-refractivity contribution in [3.8, 4) is 5.88 Å². The van der Waals surface area contributed by atoms with Gasteiger partial charge >= 0.3 is 0 Å². The van der Waals surface area contributed by atoms with Gasteiger partial charge in [0, 0.05) is 11.8 Å². The van der Waals surface area contributed by atoms with E-state index in [0.29, 0.717) is 5.82 Å². The van der Waals surface area contributed by atoms with Crippen LogP contribution >= 0.6 is 0 Å². The smallest absolute Gasteiger partial charge is 0.220 e. The van der Waals surface area contributed by atoms with Crippen LogP contribution in [0.5, 0.6) is 5.88 Å². The van der Waals surface area contributed by atoms with Gasteiger partial charge in [0.25, 0.3) is 0 Å². The molecule has 1 aromatic carbocycles. The third kappa shape index (κ3) is 2.40. The molecular formula is C15H14N2O. The Balaban J connectivity index is 1.83. The van der Waals surface area contributed by atoms with Crippen molar-refractivity contribution in [1.29, 1.82) is 0 Å². The van der Waals surface area contributed by atoms with Gasteiger partial charge in [-0.1, -0.05) is 36.4 Å². The molecule has 18 heavy (non-hydrogen) atoms. The van der Waals surface area contributed by atoms with Crippen molar-refractivity contribution in [3.63, 3.8) is 0 Å². The first-order valence-corrected chi connectivity index (χ1v) is 6.14. The monoisotopic (exact) mass is 238 g/mol. The Morgan fingerprint density at radius 2 is 2.00 bits per heavy atom. The number of rotatable bonds is 2. The molecule has 3 rings (SSSR count). The molecule has 3 nitrogen and oxygen atoms in total. The minimum atomic E-state index is 0.694. The summed E-state index contributed by atoms with van der Waals surface area (Å²) in [4.78, 5) is 8.74. The highest BCUT2D eigenvalue weighted by atomic mass is 16.5. The van der Waals surface area contributed by atoms with Gasteiger partial charge in [0.15, 0.2) is 5.82 Å². The predicted octanol–water partition coefficient (Wildman–Crippen LogP) is 2.97. The van der Waals surface area contributed by atoms with Crippen LogP contribution in [0.1, 0.15) is 23.4 Å². The summed E-state index contributed by atoms with van der Waals surface area (Å²) in [6, 6.07) is 10.1. The van der Waals surface area contributed by atoms with Gasteiger partial charge in [0.1, 0.15) is 0 Å². The van der Waals surface area contributed by atoms with E-state index in [4.69, 9.17) is 4.74 Å². The van der Waals surface area contributed by atoms with E-state index in [1.165, 1.54) is 0 Å². The molecule has 1 aliphatic heterocycles. The molecule has 0 aliphatic carbocycles. The van der Waals surface area contributed by atoms with Crippen LogP contribution in [0, 0.1) is 0 Å². The normalized spacial score (nSPS) is 14.2. The molecular weight excluding hydrogens is 224 g/mol. The fourth-order valence-electron chi connectivity index (χ4n) is 1.95. The average molecular weight is 238 g/mol. The van der Waals surface area contributed by atoms with Crippen LogP contribution in [0.15, 0.2) is 36.5 Å². The zero-order chi connectivity index (χ0) is 12.2. The van der Waals surface area contributed by atoms with Crippen molar-refractivity contribution in [3.05, 3.63) is 53.5 Å². The van der Waals surface area contributed by atoms with Crippen molar-refractivity contribution in [2.75, 3.05) is 6.61 Å². The summed E-state index contributed by atoms with van der Waals surface area (Å²) < 4.78 is 5.53. The number of ether oxygens (including phenoxy) is 1. The minimum absolute atomic E-state index is 0.694. The zero-order valence-electron chi connectivity index (χ0n) is 10.0. The molecule has 0 saturated carbocycles. The SMILES string of the molecule is C(=Cc1ncc2c(n1)OCCC2)c1ccccc1. The summed E-state index contributed by atoms with van der Waals surface area (Å²) in [5.74, 6) is 1.43. The van der Waals surface area contributed by atoms with E-state index in [1.54, 1.807) is 0 Å².